The molecule has 0 aliphatic heterocycles. The Labute approximate surface area is 339 Å². The monoisotopic (exact) mass is 779 g/mol. The second-order valence-electron chi connectivity index (χ2n) is 15.3. The molecule has 0 atom stereocenters. The van der Waals surface area contributed by atoms with Gasteiger partial charge in [-0.05, 0) is 37.1 Å². The molecule has 8 heteroatoms. The van der Waals surface area contributed by atoms with Crippen molar-refractivity contribution in [2.75, 3.05) is 14.2 Å². The maximum atomic E-state index is 12.2. The van der Waals surface area contributed by atoms with Gasteiger partial charge in [-0.3, -0.25) is 9.59 Å². The topological polar surface area (TPSA) is 105 Å². The molecule has 2 aromatic rings. The van der Waals surface area contributed by atoms with E-state index in [-0.39, 0.29) is 34.6 Å². The zero-order valence-corrected chi connectivity index (χ0v) is 35.1. The minimum atomic E-state index is -0.502. The molecule has 0 N–H and O–H groups in total. The van der Waals surface area contributed by atoms with Crippen LogP contribution in [0.1, 0.15) is 213 Å². The Morgan fingerprint density at radius 1 is 0.339 bits per heavy atom. The van der Waals surface area contributed by atoms with Crippen LogP contribution in [-0.2, 0) is 19.1 Å². The minimum Gasteiger partial charge on any atom is -0.465 e. The van der Waals surface area contributed by atoms with Crippen LogP contribution in [0.15, 0.2) is 48.5 Å². The summed E-state index contributed by atoms with van der Waals surface area (Å²) in [6, 6.07) is 13.4. The zero-order chi connectivity index (χ0) is 40.3. The molecule has 0 aliphatic carbocycles. The number of benzene rings is 2. The highest BCUT2D eigenvalue weighted by Crippen LogP contribution is 2.22. The van der Waals surface area contributed by atoms with E-state index in [0.29, 0.717) is 12.8 Å². The second kappa shape index (κ2) is 33.5. The molecule has 0 heterocycles. The molecule has 314 valence electrons. The van der Waals surface area contributed by atoms with Gasteiger partial charge in [-0.1, -0.05) is 191 Å². The summed E-state index contributed by atoms with van der Waals surface area (Å²) in [6.07, 6.45) is 36.5. The highest BCUT2D eigenvalue weighted by molar-refractivity contribution is 5.94. The van der Waals surface area contributed by atoms with Crippen molar-refractivity contribution in [3.05, 3.63) is 59.7 Å². The summed E-state index contributed by atoms with van der Waals surface area (Å²) in [5, 5.41) is 0. The fourth-order valence-corrected chi connectivity index (χ4v) is 7.15. The van der Waals surface area contributed by atoms with Crippen LogP contribution >= 0.6 is 0 Å². The van der Waals surface area contributed by atoms with E-state index < -0.39 is 11.9 Å². The summed E-state index contributed by atoms with van der Waals surface area (Å²) in [4.78, 5) is 48.0. The summed E-state index contributed by atoms with van der Waals surface area (Å²) in [5.41, 5.74) is 0.550. The zero-order valence-electron chi connectivity index (χ0n) is 35.1. The lowest BCUT2D eigenvalue weighted by Crippen LogP contribution is -2.11. The van der Waals surface area contributed by atoms with Crippen LogP contribution in [0.25, 0.3) is 0 Å². The first kappa shape index (κ1) is 48.5. The van der Waals surface area contributed by atoms with Gasteiger partial charge >= 0.3 is 23.9 Å². The van der Waals surface area contributed by atoms with Crippen molar-refractivity contribution in [2.45, 2.75) is 193 Å². The fourth-order valence-electron chi connectivity index (χ4n) is 7.15. The quantitative estimate of drug-likeness (QED) is 0.0387. The first-order valence-corrected chi connectivity index (χ1v) is 22.2. The highest BCUT2D eigenvalue weighted by atomic mass is 16.6. The first-order valence-electron chi connectivity index (χ1n) is 22.2. The molecular weight excluding hydrogens is 705 g/mol. The Bertz CT molecular complexity index is 1240. The van der Waals surface area contributed by atoms with Gasteiger partial charge in [-0.15, -0.1) is 0 Å². The van der Waals surface area contributed by atoms with E-state index in [1.807, 2.05) is 0 Å². The predicted octanol–water partition coefficient (Wildman–Crippen LogP) is 13.5. The first-order chi connectivity index (χ1) is 27.5. The molecule has 0 saturated heterocycles. The van der Waals surface area contributed by atoms with Crippen LogP contribution in [0.4, 0.5) is 0 Å². The van der Waals surface area contributed by atoms with Crippen LogP contribution in [0.2, 0.25) is 0 Å². The second-order valence-corrected chi connectivity index (χ2v) is 15.3. The van der Waals surface area contributed by atoms with E-state index in [1.54, 1.807) is 48.5 Å². The Kier molecular flexibility index (Phi) is 29.0. The van der Waals surface area contributed by atoms with Crippen molar-refractivity contribution in [2.24, 2.45) is 0 Å². The number of hydrogen-bond donors (Lipinski definition) is 0. The van der Waals surface area contributed by atoms with Gasteiger partial charge in [0, 0.05) is 12.8 Å². The Morgan fingerprint density at radius 3 is 0.786 bits per heavy atom. The largest absolute Gasteiger partial charge is 0.465 e. The minimum absolute atomic E-state index is 0.266. The van der Waals surface area contributed by atoms with Gasteiger partial charge in [0.1, 0.15) is 22.6 Å². The molecule has 0 amide bonds. The predicted molar refractivity (Wildman–Crippen MR) is 225 cm³/mol. The molecule has 0 bridgehead atoms. The average molecular weight is 779 g/mol. The number of ether oxygens (including phenoxy) is 4. The fraction of sp³-hybridized carbons (Fsp3) is 0.667. The Hall–Kier alpha value is -3.68. The number of rotatable bonds is 35. The van der Waals surface area contributed by atoms with E-state index in [4.69, 9.17) is 18.9 Å². The Morgan fingerprint density at radius 2 is 0.554 bits per heavy atom. The number of carbonyl (C=O) groups excluding carboxylic acids is 4. The number of hydrogen-bond acceptors (Lipinski definition) is 8. The van der Waals surface area contributed by atoms with Crippen molar-refractivity contribution in [1.82, 2.24) is 0 Å². The van der Waals surface area contributed by atoms with Gasteiger partial charge in [-0.25, -0.2) is 9.59 Å². The molecule has 0 spiro atoms. The molecule has 56 heavy (non-hydrogen) atoms. The normalized spacial score (nSPS) is 11.0. The van der Waals surface area contributed by atoms with Crippen LogP contribution in [0, 0.1) is 0 Å². The summed E-state index contributed by atoms with van der Waals surface area (Å²) in [5.74, 6) is -1.07. The van der Waals surface area contributed by atoms with E-state index in [9.17, 15) is 19.2 Å². The van der Waals surface area contributed by atoms with Crippen LogP contribution in [0.3, 0.4) is 0 Å². The third kappa shape index (κ3) is 24.1. The molecular formula is C48H74O8. The molecule has 0 radical (unpaired) electrons. The number of methoxy groups -OCH3 is 2. The van der Waals surface area contributed by atoms with Gasteiger partial charge < -0.3 is 18.9 Å². The van der Waals surface area contributed by atoms with E-state index >= 15 is 0 Å². The van der Waals surface area contributed by atoms with E-state index in [2.05, 4.69) is 0 Å². The van der Waals surface area contributed by atoms with Crippen LogP contribution in [-0.4, -0.2) is 38.1 Å². The van der Waals surface area contributed by atoms with Gasteiger partial charge in [0.05, 0.1) is 14.2 Å². The molecule has 2 rings (SSSR count). The van der Waals surface area contributed by atoms with E-state index in [1.165, 1.54) is 155 Å². The smallest absolute Gasteiger partial charge is 0.341 e. The third-order valence-electron chi connectivity index (χ3n) is 10.5. The molecule has 8 nitrogen and oxygen atoms in total. The molecule has 0 aromatic heterocycles. The summed E-state index contributed by atoms with van der Waals surface area (Å²) < 4.78 is 20.3. The lowest BCUT2D eigenvalue weighted by molar-refractivity contribution is -0.135. The van der Waals surface area contributed by atoms with Crippen molar-refractivity contribution in [1.29, 1.82) is 0 Å². The Balaban J connectivity index is 1.23. The standard InChI is InChI=1S/C48H74O8/c1-53-47(51)41-35-31-33-37-43(41)55-45(49)39-29-27-25-23-21-19-17-15-13-11-9-7-5-3-4-6-8-10-12-14-16-18-20-22-24-26-28-30-40-46(50)56-44-38-34-32-36-42(44)48(52)54-2/h31-38H,3-30,39-40H2,1-2H3. The van der Waals surface area contributed by atoms with Crippen LogP contribution in [0.5, 0.6) is 11.5 Å². The summed E-state index contributed by atoms with van der Waals surface area (Å²) in [6.45, 7) is 0. The maximum Gasteiger partial charge on any atom is 0.341 e. The van der Waals surface area contributed by atoms with Gasteiger partial charge in [0.25, 0.3) is 0 Å². The molecule has 0 saturated carbocycles. The maximum absolute atomic E-state index is 12.2. The van der Waals surface area contributed by atoms with E-state index in [0.717, 1.165) is 38.5 Å². The molecule has 0 aliphatic rings. The lowest BCUT2D eigenvalue weighted by atomic mass is 10.0. The highest BCUT2D eigenvalue weighted by Gasteiger charge is 2.16. The number of carbonyl (C=O) groups is 4. The van der Waals surface area contributed by atoms with Crippen molar-refractivity contribution in [3.8, 4) is 11.5 Å². The molecule has 0 fully saturated rings. The van der Waals surface area contributed by atoms with Gasteiger partial charge in [-0.2, -0.15) is 0 Å². The molecule has 2 aromatic carbocycles. The van der Waals surface area contributed by atoms with Gasteiger partial charge in [0.15, 0.2) is 0 Å². The van der Waals surface area contributed by atoms with Crippen LogP contribution < -0.4 is 9.47 Å². The SMILES string of the molecule is COC(=O)c1ccccc1OC(=O)CCCCCCCCCCCCCCCCCCCCCCCCCCCCCCC(=O)Oc1ccccc1C(=O)OC. The van der Waals surface area contributed by atoms with Crippen molar-refractivity contribution < 1.29 is 38.1 Å². The third-order valence-corrected chi connectivity index (χ3v) is 10.5. The molecule has 0 unspecified atom stereocenters. The average Bonchev–Trinajstić information content (AvgIpc) is 3.21. The lowest BCUT2D eigenvalue weighted by Gasteiger charge is -2.08. The summed E-state index contributed by atoms with van der Waals surface area (Å²) >= 11 is 0. The summed E-state index contributed by atoms with van der Waals surface area (Å²) in [7, 11) is 2.63. The van der Waals surface area contributed by atoms with Gasteiger partial charge in [0.2, 0.25) is 0 Å². The van der Waals surface area contributed by atoms with Crippen molar-refractivity contribution in [3.63, 3.8) is 0 Å². The number of para-hydroxylation sites is 2. The van der Waals surface area contributed by atoms with Crippen molar-refractivity contribution >= 4 is 23.9 Å². The number of unbranched alkanes of at least 4 members (excludes halogenated alkanes) is 27. The number of esters is 4.